The number of pyridine rings is 3. The van der Waals surface area contributed by atoms with E-state index in [2.05, 4.69) is 31.2 Å². The second-order valence-corrected chi connectivity index (χ2v) is 10.3. The average Bonchev–Trinajstić information content (AvgIpc) is 3.05. The predicted molar refractivity (Wildman–Crippen MR) is 168 cm³/mol. The van der Waals surface area contributed by atoms with E-state index in [1.165, 1.54) is 32.5 Å². The number of benzene rings is 2. The molecule has 14 nitrogen and oxygen atoms in total. The summed E-state index contributed by atoms with van der Waals surface area (Å²) in [5.41, 5.74) is -0.227. The number of hydrogen-bond donors (Lipinski definition) is 3. The minimum atomic E-state index is -1.73. The molecule has 2 aromatic carbocycles. The molecule has 0 spiro atoms. The normalized spacial score (nSPS) is 10.7. The summed E-state index contributed by atoms with van der Waals surface area (Å²) in [6.07, 6.45) is -0.498. The van der Waals surface area contributed by atoms with Crippen LogP contribution in [-0.4, -0.2) is 62.0 Å². The Bertz CT molecular complexity index is 2000. The van der Waals surface area contributed by atoms with Crippen molar-refractivity contribution >= 4 is 50.7 Å². The van der Waals surface area contributed by atoms with Crippen molar-refractivity contribution in [2.24, 2.45) is 0 Å². The zero-order valence-corrected chi connectivity index (χ0v) is 25.7. The first-order valence-corrected chi connectivity index (χ1v) is 14.1. The number of ether oxygens (including phenoxy) is 3. The second-order valence-electron chi connectivity index (χ2n) is 9.45. The number of imide groups is 1. The Balaban J connectivity index is 1.42. The van der Waals surface area contributed by atoms with Crippen LogP contribution in [0.15, 0.2) is 88.4 Å². The second kappa shape index (κ2) is 13.4. The Labute approximate surface area is 268 Å². The fourth-order valence-corrected chi connectivity index (χ4v) is 5.04. The van der Waals surface area contributed by atoms with Gasteiger partial charge in [-0.3, -0.25) is 19.1 Å². The van der Waals surface area contributed by atoms with Crippen molar-refractivity contribution in [1.29, 1.82) is 0 Å². The molecule has 0 bridgehead atoms. The number of nitrogens with one attached hydrogen (secondary N) is 1. The highest BCUT2D eigenvalue weighted by atomic mass is 79.9. The summed E-state index contributed by atoms with van der Waals surface area (Å²) in [6, 6.07) is 17.5. The highest BCUT2D eigenvalue weighted by molar-refractivity contribution is 9.10. The van der Waals surface area contributed by atoms with Crippen molar-refractivity contribution in [3.8, 4) is 28.7 Å². The molecule has 3 N–H and O–H groups in total. The highest BCUT2D eigenvalue weighted by Crippen LogP contribution is 2.36. The minimum Gasteiger partial charge on any atom is -0.493 e. The van der Waals surface area contributed by atoms with Crippen LogP contribution >= 0.6 is 15.9 Å². The number of aromatic nitrogens is 3. The van der Waals surface area contributed by atoms with Crippen LogP contribution in [0.25, 0.3) is 16.6 Å². The molecule has 5 rings (SSSR count). The molecule has 0 aliphatic heterocycles. The van der Waals surface area contributed by atoms with E-state index >= 15 is 0 Å². The quantitative estimate of drug-likeness (QED) is 0.171. The van der Waals surface area contributed by atoms with Gasteiger partial charge in [-0.15, -0.1) is 0 Å². The summed E-state index contributed by atoms with van der Waals surface area (Å²) in [5.74, 6) is 1.13. The first kappa shape index (κ1) is 31.5. The number of nitrogens with zero attached hydrogens (tertiary/aromatic N) is 4. The van der Waals surface area contributed by atoms with Gasteiger partial charge in [0.25, 0.3) is 11.5 Å². The Morgan fingerprint density at radius 2 is 1.61 bits per heavy atom. The standard InChI is InChI=1S/C31H24BrN5O9/c1-44-25-13-19-22(14-26(25)45-2)33-11-10-24(19)46-18-8-9-27(34-15-18)35-28(38)20-12-21(32)23(16-36(30(40)41)31(42)43)37(29(20)39)17-6-4-3-5-7-17/h3-15H,16H2,1-2H3,(H,40,41)(H,42,43)(H,34,35,38). The molecule has 3 aromatic heterocycles. The number of carbonyl (C=O) groups excluding carboxylic acids is 1. The van der Waals surface area contributed by atoms with Gasteiger partial charge in [-0.2, -0.15) is 0 Å². The number of hydrogen-bond acceptors (Lipinski definition) is 9. The number of para-hydroxylation sites is 1. The van der Waals surface area contributed by atoms with Crippen LogP contribution < -0.4 is 25.1 Å². The molecular weight excluding hydrogens is 666 g/mol. The van der Waals surface area contributed by atoms with Crippen molar-refractivity contribution in [2.45, 2.75) is 6.54 Å². The maximum Gasteiger partial charge on any atom is 0.417 e. The minimum absolute atomic E-state index is 0.00289. The van der Waals surface area contributed by atoms with E-state index in [0.717, 1.165) is 4.57 Å². The lowest BCUT2D eigenvalue weighted by atomic mass is 10.2. The SMILES string of the molecule is COc1cc2nccc(Oc3ccc(NC(=O)c4cc(Br)c(CN(C(=O)O)C(=O)O)n(-c5ccccc5)c4=O)nc3)c2cc1OC. The molecule has 5 aromatic rings. The lowest BCUT2D eigenvalue weighted by Gasteiger charge is -2.20. The van der Waals surface area contributed by atoms with Crippen LogP contribution in [0.5, 0.6) is 23.0 Å². The van der Waals surface area contributed by atoms with Gasteiger partial charge in [-0.25, -0.2) is 19.5 Å². The maximum absolute atomic E-state index is 13.7. The molecule has 3 heterocycles. The zero-order valence-electron chi connectivity index (χ0n) is 24.1. The van der Waals surface area contributed by atoms with Crippen molar-refractivity contribution in [1.82, 2.24) is 19.4 Å². The first-order chi connectivity index (χ1) is 22.1. The molecule has 0 unspecified atom stereocenters. The van der Waals surface area contributed by atoms with Gasteiger partial charge < -0.3 is 29.7 Å². The summed E-state index contributed by atoms with van der Waals surface area (Å²) in [4.78, 5) is 58.8. The number of methoxy groups -OCH3 is 2. The van der Waals surface area contributed by atoms with Crippen molar-refractivity contribution in [3.05, 3.63) is 105 Å². The number of fused-ring (bicyclic) bond motifs is 1. The number of halogens is 1. The molecular formula is C31H24BrN5O9. The molecule has 0 saturated carbocycles. The van der Waals surface area contributed by atoms with Crippen LogP contribution in [-0.2, 0) is 6.54 Å². The molecule has 46 heavy (non-hydrogen) atoms. The van der Waals surface area contributed by atoms with E-state index in [4.69, 9.17) is 14.2 Å². The molecule has 0 atom stereocenters. The summed E-state index contributed by atoms with van der Waals surface area (Å²) in [7, 11) is 3.05. The summed E-state index contributed by atoms with van der Waals surface area (Å²) in [6.45, 7) is -0.687. The molecule has 0 fully saturated rings. The number of carbonyl (C=O) groups is 3. The summed E-state index contributed by atoms with van der Waals surface area (Å²) in [5, 5.41) is 22.0. The summed E-state index contributed by atoms with van der Waals surface area (Å²) < 4.78 is 18.0. The van der Waals surface area contributed by atoms with E-state index in [0.29, 0.717) is 33.9 Å². The molecule has 0 radical (unpaired) electrons. The fourth-order valence-electron chi connectivity index (χ4n) is 4.51. The van der Waals surface area contributed by atoms with Gasteiger partial charge in [0, 0.05) is 27.8 Å². The molecule has 0 aliphatic rings. The Morgan fingerprint density at radius 3 is 2.24 bits per heavy atom. The maximum atomic E-state index is 13.7. The van der Waals surface area contributed by atoms with Crippen molar-refractivity contribution in [3.63, 3.8) is 0 Å². The third-order valence-corrected chi connectivity index (χ3v) is 7.38. The van der Waals surface area contributed by atoms with Crippen LogP contribution in [0.4, 0.5) is 15.4 Å². The van der Waals surface area contributed by atoms with Crippen molar-refractivity contribution < 1.29 is 38.8 Å². The molecule has 0 saturated heterocycles. The highest BCUT2D eigenvalue weighted by Gasteiger charge is 2.26. The Kier molecular flexibility index (Phi) is 9.13. The van der Waals surface area contributed by atoms with E-state index in [9.17, 15) is 29.4 Å². The van der Waals surface area contributed by atoms with E-state index in [-0.39, 0.29) is 32.1 Å². The lowest BCUT2D eigenvalue weighted by Crippen LogP contribution is -2.37. The van der Waals surface area contributed by atoms with Crippen LogP contribution in [0.3, 0.4) is 0 Å². The molecule has 0 aliphatic carbocycles. The monoisotopic (exact) mass is 689 g/mol. The Morgan fingerprint density at radius 1 is 0.913 bits per heavy atom. The van der Waals surface area contributed by atoms with E-state index in [1.54, 1.807) is 60.8 Å². The summed E-state index contributed by atoms with van der Waals surface area (Å²) >= 11 is 3.28. The van der Waals surface area contributed by atoms with Gasteiger partial charge in [-0.1, -0.05) is 18.2 Å². The Hall–Kier alpha value is -5.96. The number of rotatable bonds is 9. The predicted octanol–water partition coefficient (Wildman–Crippen LogP) is 5.76. The third-order valence-electron chi connectivity index (χ3n) is 6.69. The van der Waals surface area contributed by atoms with Gasteiger partial charge in [0.15, 0.2) is 11.5 Å². The average molecular weight is 690 g/mol. The smallest absolute Gasteiger partial charge is 0.417 e. The molecule has 15 heteroatoms. The van der Waals surface area contributed by atoms with Gasteiger partial charge in [0.2, 0.25) is 0 Å². The lowest BCUT2D eigenvalue weighted by molar-refractivity contribution is 0.102. The topological polar surface area (TPSA) is 182 Å². The van der Waals surface area contributed by atoms with Gasteiger partial charge in [0.05, 0.1) is 38.2 Å². The zero-order chi connectivity index (χ0) is 33.0. The number of amides is 3. The van der Waals surface area contributed by atoms with Crippen LogP contribution in [0.1, 0.15) is 16.1 Å². The van der Waals surface area contributed by atoms with Gasteiger partial charge in [0.1, 0.15) is 22.9 Å². The molecule has 234 valence electrons. The van der Waals surface area contributed by atoms with Gasteiger partial charge >= 0.3 is 12.2 Å². The van der Waals surface area contributed by atoms with E-state index < -0.39 is 30.2 Å². The van der Waals surface area contributed by atoms with Crippen LogP contribution in [0, 0.1) is 0 Å². The molecule has 3 amide bonds. The largest absolute Gasteiger partial charge is 0.493 e. The van der Waals surface area contributed by atoms with Gasteiger partial charge in [-0.05, 0) is 58.4 Å². The number of anilines is 1. The van der Waals surface area contributed by atoms with Crippen molar-refractivity contribution in [2.75, 3.05) is 19.5 Å². The van der Waals surface area contributed by atoms with E-state index in [1.807, 2.05) is 0 Å². The van der Waals surface area contributed by atoms with Crippen LogP contribution in [0.2, 0.25) is 0 Å². The fraction of sp³-hybridized carbons (Fsp3) is 0.0968. The third kappa shape index (κ3) is 6.44. The first-order valence-electron chi connectivity index (χ1n) is 13.3. The number of carboxylic acid groups (broad SMARTS) is 2.